The number of benzene rings is 1. The van der Waals surface area contributed by atoms with Crippen LogP contribution in [0.15, 0.2) is 29.2 Å². The number of rotatable bonds is 4. The van der Waals surface area contributed by atoms with E-state index in [1.807, 2.05) is 0 Å². The van der Waals surface area contributed by atoms with E-state index in [2.05, 4.69) is 5.32 Å². The Balaban J connectivity index is 2.75. The van der Waals surface area contributed by atoms with Gasteiger partial charge in [0.1, 0.15) is 5.37 Å². The van der Waals surface area contributed by atoms with Crippen LogP contribution < -0.4 is 5.32 Å². The fraction of sp³-hybridized carbons (Fsp3) is 0.222. The van der Waals surface area contributed by atoms with Gasteiger partial charge in [0, 0.05) is 9.92 Å². The van der Waals surface area contributed by atoms with E-state index in [0.717, 1.165) is 4.90 Å². The fourth-order valence-electron chi connectivity index (χ4n) is 0.906. The van der Waals surface area contributed by atoms with Gasteiger partial charge in [-0.3, -0.25) is 4.79 Å². The van der Waals surface area contributed by atoms with Crippen molar-refractivity contribution >= 4 is 64.6 Å². The fourth-order valence-corrected chi connectivity index (χ4v) is 2.44. The van der Waals surface area contributed by atoms with Gasteiger partial charge < -0.3 is 5.32 Å². The van der Waals surface area contributed by atoms with E-state index >= 15 is 0 Å². The van der Waals surface area contributed by atoms with Crippen LogP contribution in [-0.4, -0.2) is 15.6 Å². The van der Waals surface area contributed by atoms with Crippen LogP contribution >= 0.6 is 58.2 Å². The van der Waals surface area contributed by atoms with E-state index in [-0.39, 0.29) is 0 Å². The van der Waals surface area contributed by atoms with E-state index in [4.69, 9.17) is 46.4 Å². The van der Waals surface area contributed by atoms with Gasteiger partial charge in [-0.05, 0) is 24.3 Å². The summed E-state index contributed by atoms with van der Waals surface area (Å²) in [4.78, 5) is 11.2. The van der Waals surface area contributed by atoms with Crippen LogP contribution in [0, 0.1) is 0 Å². The van der Waals surface area contributed by atoms with Crippen molar-refractivity contribution in [2.45, 2.75) is 14.1 Å². The first-order valence-electron chi connectivity index (χ1n) is 4.12. The van der Waals surface area contributed by atoms with Gasteiger partial charge in [-0.2, -0.15) is 0 Å². The summed E-state index contributed by atoms with van der Waals surface area (Å²) in [5.74, 6) is 0. The lowest BCUT2D eigenvalue weighted by molar-refractivity contribution is -0.109. The maximum atomic E-state index is 10.4. The van der Waals surface area contributed by atoms with Crippen molar-refractivity contribution in [3.8, 4) is 0 Å². The van der Waals surface area contributed by atoms with Gasteiger partial charge in [0.05, 0.1) is 0 Å². The molecule has 0 aliphatic carbocycles. The predicted molar refractivity (Wildman–Crippen MR) is 70.6 cm³/mol. The first-order valence-corrected chi connectivity index (χ1v) is 6.51. The highest BCUT2D eigenvalue weighted by atomic mass is 35.6. The number of thioether (sulfide) groups is 1. The maximum Gasteiger partial charge on any atom is 0.220 e. The Kier molecular flexibility index (Phi) is 5.54. The number of carbonyl (C=O) groups excluding carboxylic acids is 1. The van der Waals surface area contributed by atoms with E-state index in [1.165, 1.54) is 11.8 Å². The number of halogens is 4. The summed E-state index contributed by atoms with van der Waals surface area (Å²) < 4.78 is -1.58. The third kappa shape index (κ3) is 4.60. The number of amides is 1. The molecule has 0 saturated carbocycles. The quantitative estimate of drug-likeness (QED) is 0.395. The van der Waals surface area contributed by atoms with Gasteiger partial charge in [0.25, 0.3) is 0 Å². The van der Waals surface area contributed by atoms with E-state index in [0.29, 0.717) is 11.4 Å². The van der Waals surface area contributed by atoms with Gasteiger partial charge in [-0.1, -0.05) is 58.2 Å². The highest BCUT2D eigenvalue weighted by Gasteiger charge is 2.33. The van der Waals surface area contributed by atoms with Crippen LogP contribution in [0.4, 0.5) is 0 Å². The van der Waals surface area contributed by atoms with Crippen molar-refractivity contribution in [3.63, 3.8) is 0 Å². The highest BCUT2D eigenvalue weighted by Crippen LogP contribution is 2.39. The Hall–Kier alpha value is 0.200. The lowest BCUT2D eigenvalue weighted by Crippen LogP contribution is -2.36. The smallest absolute Gasteiger partial charge is 0.220 e. The zero-order valence-electron chi connectivity index (χ0n) is 7.79. The molecule has 0 aliphatic rings. The number of hydrogen-bond acceptors (Lipinski definition) is 2. The topological polar surface area (TPSA) is 29.1 Å². The summed E-state index contributed by atoms with van der Waals surface area (Å²) in [5, 5.41) is 2.41. The Morgan fingerprint density at radius 1 is 1.25 bits per heavy atom. The molecule has 88 valence electrons. The third-order valence-electron chi connectivity index (χ3n) is 1.58. The predicted octanol–water partition coefficient (Wildman–Crippen LogP) is 3.87. The van der Waals surface area contributed by atoms with E-state index < -0.39 is 9.17 Å². The second-order valence-corrected chi connectivity index (χ2v) is 6.76. The Morgan fingerprint density at radius 3 is 2.25 bits per heavy atom. The summed E-state index contributed by atoms with van der Waals surface area (Å²) in [6, 6.07) is 7.01. The summed E-state index contributed by atoms with van der Waals surface area (Å²) >= 11 is 24.1. The number of alkyl halides is 3. The lowest BCUT2D eigenvalue weighted by Gasteiger charge is -2.22. The van der Waals surface area contributed by atoms with Gasteiger partial charge >= 0.3 is 0 Å². The van der Waals surface area contributed by atoms with Crippen molar-refractivity contribution in [2.24, 2.45) is 0 Å². The molecule has 1 N–H and O–H groups in total. The third-order valence-corrected chi connectivity index (χ3v) is 4.15. The Bertz CT molecular complexity index is 352. The standard InChI is InChI=1S/C9H7Cl4NOS/c10-6-1-3-7(4-2-6)16-8(14-5-15)9(11,12)13/h1-5,8H,(H,14,15). The van der Waals surface area contributed by atoms with Gasteiger partial charge in [-0.25, -0.2) is 0 Å². The molecule has 0 fully saturated rings. The molecule has 0 aromatic heterocycles. The van der Waals surface area contributed by atoms with Crippen molar-refractivity contribution in [1.29, 1.82) is 0 Å². The number of nitrogens with one attached hydrogen (secondary N) is 1. The zero-order valence-corrected chi connectivity index (χ0v) is 11.6. The first kappa shape index (κ1) is 14.3. The van der Waals surface area contributed by atoms with Gasteiger partial charge in [0.2, 0.25) is 10.2 Å². The van der Waals surface area contributed by atoms with Gasteiger partial charge in [0.15, 0.2) is 0 Å². The molecule has 1 amide bonds. The molecule has 0 heterocycles. The maximum absolute atomic E-state index is 10.4. The molecule has 1 atom stereocenters. The largest absolute Gasteiger partial charge is 0.342 e. The summed E-state index contributed by atoms with van der Waals surface area (Å²) in [7, 11) is 0. The van der Waals surface area contributed by atoms with Crippen molar-refractivity contribution in [1.82, 2.24) is 5.32 Å². The summed E-state index contributed by atoms with van der Waals surface area (Å²) in [6.45, 7) is 0. The molecule has 0 saturated heterocycles. The van der Waals surface area contributed by atoms with Crippen molar-refractivity contribution in [3.05, 3.63) is 29.3 Å². The molecule has 7 heteroatoms. The van der Waals surface area contributed by atoms with Crippen LogP contribution in [-0.2, 0) is 4.79 Å². The molecule has 0 aliphatic heterocycles. The first-order chi connectivity index (χ1) is 7.43. The normalized spacial score (nSPS) is 13.2. The van der Waals surface area contributed by atoms with Crippen molar-refractivity contribution < 1.29 is 4.79 Å². The van der Waals surface area contributed by atoms with Crippen LogP contribution in [0.3, 0.4) is 0 Å². The minimum Gasteiger partial charge on any atom is -0.342 e. The van der Waals surface area contributed by atoms with Crippen LogP contribution in [0.25, 0.3) is 0 Å². The average molecular weight is 319 g/mol. The Morgan fingerprint density at radius 2 is 1.81 bits per heavy atom. The molecule has 1 rings (SSSR count). The molecule has 1 aromatic carbocycles. The van der Waals surface area contributed by atoms with Gasteiger partial charge in [-0.15, -0.1) is 0 Å². The molecule has 0 radical (unpaired) electrons. The monoisotopic (exact) mass is 317 g/mol. The molecular formula is C9H7Cl4NOS. The molecular weight excluding hydrogens is 312 g/mol. The molecule has 16 heavy (non-hydrogen) atoms. The summed E-state index contributed by atoms with van der Waals surface area (Å²) in [5.41, 5.74) is 0. The minimum atomic E-state index is -1.58. The van der Waals surface area contributed by atoms with Crippen molar-refractivity contribution in [2.75, 3.05) is 0 Å². The molecule has 0 bridgehead atoms. The van der Waals surface area contributed by atoms with Crippen LogP contribution in [0.2, 0.25) is 5.02 Å². The van der Waals surface area contributed by atoms with Crippen LogP contribution in [0.5, 0.6) is 0 Å². The molecule has 1 aromatic rings. The highest BCUT2D eigenvalue weighted by molar-refractivity contribution is 8.00. The average Bonchev–Trinajstić information content (AvgIpc) is 2.19. The summed E-state index contributed by atoms with van der Waals surface area (Å²) in [6.07, 6.45) is 0.496. The zero-order chi connectivity index (χ0) is 12.2. The number of hydrogen-bond donors (Lipinski definition) is 1. The lowest BCUT2D eigenvalue weighted by atomic mass is 10.4. The minimum absolute atomic E-state index is 0.496. The van der Waals surface area contributed by atoms with E-state index in [1.54, 1.807) is 24.3 Å². The molecule has 2 nitrogen and oxygen atoms in total. The second-order valence-electron chi connectivity index (χ2n) is 2.78. The Labute approximate surface area is 118 Å². The molecule has 1 unspecified atom stereocenters. The SMILES string of the molecule is O=CNC(Sc1ccc(Cl)cc1)C(Cl)(Cl)Cl. The van der Waals surface area contributed by atoms with E-state index in [9.17, 15) is 4.79 Å². The second kappa shape index (κ2) is 6.22. The number of carbonyl (C=O) groups is 1. The molecule has 0 spiro atoms. The van der Waals surface area contributed by atoms with Crippen LogP contribution in [0.1, 0.15) is 0 Å².